The summed E-state index contributed by atoms with van der Waals surface area (Å²) in [7, 11) is 0. The number of halogens is 1. The molecular formula is C26H21FN4O. The molecular weight excluding hydrogens is 403 g/mol. The molecule has 158 valence electrons. The second kappa shape index (κ2) is 7.34. The third-order valence-electron chi connectivity index (χ3n) is 6.30. The number of para-hydroxylation sites is 1. The maximum Gasteiger partial charge on any atom is 0.245 e. The van der Waals surface area contributed by atoms with Crippen LogP contribution in [0.2, 0.25) is 0 Å². The summed E-state index contributed by atoms with van der Waals surface area (Å²) in [5.41, 5.74) is 5.04. The van der Waals surface area contributed by atoms with E-state index in [1.165, 1.54) is 23.1 Å². The van der Waals surface area contributed by atoms with E-state index >= 15 is 0 Å². The predicted molar refractivity (Wildman–Crippen MR) is 122 cm³/mol. The van der Waals surface area contributed by atoms with Crippen LogP contribution in [-0.4, -0.2) is 32.1 Å². The van der Waals surface area contributed by atoms with Crippen LogP contribution in [0, 0.1) is 5.82 Å². The van der Waals surface area contributed by atoms with Crippen LogP contribution in [0.4, 0.5) is 4.39 Å². The minimum absolute atomic E-state index is 0.0172. The first-order valence-corrected chi connectivity index (χ1v) is 10.7. The molecule has 0 unspecified atom stereocenters. The molecule has 0 bridgehead atoms. The van der Waals surface area contributed by atoms with Crippen LogP contribution in [0.3, 0.4) is 0 Å². The van der Waals surface area contributed by atoms with Crippen molar-refractivity contribution in [2.24, 2.45) is 0 Å². The van der Waals surface area contributed by atoms with Crippen LogP contribution in [0.1, 0.15) is 22.9 Å². The molecule has 3 aromatic carbocycles. The van der Waals surface area contributed by atoms with E-state index in [9.17, 15) is 9.18 Å². The van der Waals surface area contributed by atoms with Crippen molar-refractivity contribution >= 4 is 27.7 Å². The molecule has 0 saturated heterocycles. The number of H-pyrrole nitrogens is 1. The number of hydrogen-bond donors (Lipinski definition) is 1. The van der Waals surface area contributed by atoms with Crippen LogP contribution in [0.25, 0.3) is 21.8 Å². The summed E-state index contributed by atoms with van der Waals surface area (Å²) < 4.78 is 15.4. The van der Waals surface area contributed by atoms with Gasteiger partial charge < -0.3 is 9.88 Å². The molecule has 0 radical (unpaired) electrons. The van der Waals surface area contributed by atoms with E-state index in [-0.39, 0.29) is 24.3 Å². The van der Waals surface area contributed by atoms with Gasteiger partial charge >= 0.3 is 0 Å². The number of hydrogen-bond acceptors (Lipinski definition) is 2. The second-order valence-corrected chi connectivity index (χ2v) is 8.24. The van der Waals surface area contributed by atoms with Gasteiger partial charge in [0.1, 0.15) is 12.4 Å². The lowest BCUT2D eigenvalue weighted by molar-refractivity contribution is -0.134. The number of aromatic amines is 1. The largest absolute Gasteiger partial charge is 0.356 e. The topological polar surface area (TPSA) is 53.9 Å². The zero-order chi connectivity index (χ0) is 21.7. The lowest BCUT2D eigenvalue weighted by Gasteiger charge is -2.36. The van der Waals surface area contributed by atoms with Gasteiger partial charge in [0, 0.05) is 34.7 Å². The predicted octanol–water partition coefficient (Wildman–Crippen LogP) is 4.83. The number of amides is 1. The summed E-state index contributed by atoms with van der Waals surface area (Å²) in [5, 5.41) is 6.73. The van der Waals surface area contributed by atoms with Crippen molar-refractivity contribution in [2.45, 2.75) is 19.0 Å². The maximum absolute atomic E-state index is 13.7. The number of aromatic nitrogens is 3. The van der Waals surface area contributed by atoms with E-state index in [4.69, 9.17) is 0 Å². The van der Waals surface area contributed by atoms with Crippen molar-refractivity contribution in [2.75, 3.05) is 6.54 Å². The standard InChI is InChI=1S/C26H21FN4O/c27-19-11-9-17(10-12-19)26-25-21(20-6-2-4-8-23(20)28-25)13-14-31(26)24(32)16-30-15-18-5-1-3-7-22(18)29-30/h1-12,15,26,28H,13-14,16H2/t26-/m0/s1. The first kappa shape index (κ1) is 18.8. The summed E-state index contributed by atoms with van der Waals surface area (Å²) in [4.78, 5) is 18.9. The fraction of sp³-hybridized carbons (Fsp3) is 0.154. The Morgan fingerprint density at radius 1 is 1.03 bits per heavy atom. The summed E-state index contributed by atoms with van der Waals surface area (Å²) in [6, 6.07) is 22.2. The highest BCUT2D eigenvalue weighted by atomic mass is 19.1. The molecule has 0 fully saturated rings. The van der Waals surface area contributed by atoms with Crippen molar-refractivity contribution in [3.05, 3.63) is 102 Å². The van der Waals surface area contributed by atoms with Crippen molar-refractivity contribution in [1.29, 1.82) is 0 Å². The van der Waals surface area contributed by atoms with E-state index in [1.807, 2.05) is 47.5 Å². The average molecular weight is 424 g/mol. The number of nitrogens with one attached hydrogen (secondary N) is 1. The third kappa shape index (κ3) is 3.07. The van der Waals surface area contributed by atoms with Crippen LogP contribution in [0.5, 0.6) is 0 Å². The van der Waals surface area contributed by atoms with Gasteiger partial charge in [-0.25, -0.2) is 4.39 Å². The van der Waals surface area contributed by atoms with Crippen LogP contribution < -0.4 is 0 Å². The number of rotatable bonds is 3. The zero-order valence-corrected chi connectivity index (χ0v) is 17.3. The SMILES string of the molecule is O=C(Cn1cc2ccccc2n1)N1CCc2c([nH]c3ccccc23)[C@@H]1c1ccc(F)cc1. The van der Waals surface area contributed by atoms with Gasteiger partial charge in [0.15, 0.2) is 0 Å². The van der Waals surface area contributed by atoms with Crippen LogP contribution in [-0.2, 0) is 17.8 Å². The highest BCUT2D eigenvalue weighted by Crippen LogP contribution is 2.38. The number of benzene rings is 3. The minimum Gasteiger partial charge on any atom is -0.356 e. The fourth-order valence-electron chi connectivity index (χ4n) is 4.83. The summed E-state index contributed by atoms with van der Waals surface area (Å²) in [6.45, 7) is 0.748. The minimum atomic E-state index is -0.302. The van der Waals surface area contributed by atoms with Gasteiger partial charge in [0.25, 0.3) is 0 Å². The normalized spacial score (nSPS) is 15.9. The summed E-state index contributed by atoms with van der Waals surface area (Å²) in [5.74, 6) is -0.307. The lowest BCUT2D eigenvalue weighted by Crippen LogP contribution is -2.42. The average Bonchev–Trinajstić information content (AvgIpc) is 3.39. The van der Waals surface area contributed by atoms with Crippen molar-refractivity contribution in [1.82, 2.24) is 19.7 Å². The Balaban J connectivity index is 1.41. The second-order valence-electron chi connectivity index (χ2n) is 8.24. The van der Waals surface area contributed by atoms with Crippen LogP contribution >= 0.6 is 0 Å². The zero-order valence-electron chi connectivity index (χ0n) is 17.3. The number of fused-ring (bicyclic) bond motifs is 4. The molecule has 6 rings (SSSR count). The Labute approximate surface area is 184 Å². The van der Waals surface area contributed by atoms with E-state index in [0.29, 0.717) is 6.54 Å². The molecule has 5 nitrogen and oxygen atoms in total. The van der Waals surface area contributed by atoms with Gasteiger partial charge in [-0.3, -0.25) is 9.48 Å². The molecule has 0 spiro atoms. The van der Waals surface area contributed by atoms with Gasteiger partial charge in [-0.15, -0.1) is 0 Å². The molecule has 0 saturated carbocycles. The molecule has 0 aliphatic carbocycles. The Kier molecular flexibility index (Phi) is 4.31. The van der Waals surface area contributed by atoms with Gasteiger partial charge in [0.2, 0.25) is 5.91 Å². The molecule has 1 aliphatic rings. The molecule has 2 aromatic heterocycles. The Morgan fingerprint density at radius 2 is 1.81 bits per heavy atom. The Morgan fingerprint density at radius 3 is 2.66 bits per heavy atom. The van der Waals surface area contributed by atoms with E-state index in [2.05, 4.69) is 22.2 Å². The van der Waals surface area contributed by atoms with E-state index in [1.54, 1.807) is 16.8 Å². The maximum atomic E-state index is 13.7. The summed E-state index contributed by atoms with van der Waals surface area (Å²) >= 11 is 0. The molecule has 1 amide bonds. The first-order valence-electron chi connectivity index (χ1n) is 10.7. The monoisotopic (exact) mass is 424 g/mol. The first-order chi connectivity index (χ1) is 15.7. The number of nitrogens with zero attached hydrogens (tertiary/aromatic N) is 3. The Bertz CT molecular complexity index is 1420. The van der Waals surface area contributed by atoms with Crippen LogP contribution in [0.15, 0.2) is 79.0 Å². The molecule has 3 heterocycles. The molecule has 32 heavy (non-hydrogen) atoms. The highest BCUT2D eigenvalue weighted by molar-refractivity contribution is 5.87. The number of carbonyl (C=O) groups excluding carboxylic acids is 1. The third-order valence-corrected chi connectivity index (χ3v) is 6.30. The Hall–Kier alpha value is -3.93. The molecule has 1 N–H and O–H groups in total. The van der Waals surface area contributed by atoms with E-state index < -0.39 is 0 Å². The van der Waals surface area contributed by atoms with Gasteiger partial charge in [-0.2, -0.15) is 5.10 Å². The summed E-state index contributed by atoms with van der Waals surface area (Å²) in [6.07, 6.45) is 2.67. The molecule has 1 atom stereocenters. The highest BCUT2D eigenvalue weighted by Gasteiger charge is 2.34. The van der Waals surface area contributed by atoms with Gasteiger partial charge in [0.05, 0.1) is 11.6 Å². The molecule has 6 heteroatoms. The quantitative estimate of drug-likeness (QED) is 0.451. The van der Waals surface area contributed by atoms with Gasteiger partial charge in [-0.1, -0.05) is 48.5 Å². The molecule has 1 aliphatic heterocycles. The van der Waals surface area contributed by atoms with Crippen molar-refractivity contribution in [3.8, 4) is 0 Å². The van der Waals surface area contributed by atoms with Crippen molar-refractivity contribution < 1.29 is 9.18 Å². The molecule has 5 aromatic rings. The van der Waals surface area contributed by atoms with Crippen molar-refractivity contribution in [3.63, 3.8) is 0 Å². The smallest absolute Gasteiger partial charge is 0.245 e. The van der Waals surface area contributed by atoms with Gasteiger partial charge in [-0.05, 0) is 41.8 Å². The number of carbonyl (C=O) groups is 1. The fourth-order valence-corrected chi connectivity index (χ4v) is 4.83. The van der Waals surface area contributed by atoms with E-state index in [0.717, 1.165) is 34.1 Å². The lowest BCUT2D eigenvalue weighted by atomic mass is 9.92.